The Morgan fingerprint density at radius 2 is 2.08 bits per heavy atom. The summed E-state index contributed by atoms with van der Waals surface area (Å²) in [4.78, 5) is 0. The zero-order chi connectivity index (χ0) is 9.90. The van der Waals surface area contributed by atoms with Gasteiger partial charge in [-0.05, 0) is 13.5 Å². The van der Waals surface area contributed by atoms with Gasteiger partial charge in [0.25, 0.3) is 0 Å². The van der Waals surface area contributed by atoms with E-state index in [2.05, 4.69) is 36.3 Å². The van der Waals surface area contributed by atoms with Crippen LogP contribution in [-0.2, 0) is 12.0 Å². The SMILES string of the molecule is CCC(C)(C)c1nnc(CNC)s1. The minimum atomic E-state index is 0.170. The molecule has 0 amide bonds. The molecule has 0 aliphatic rings. The Kier molecular flexibility index (Phi) is 3.39. The third-order valence-corrected chi connectivity index (χ3v) is 3.55. The highest BCUT2D eigenvalue weighted by molar-refractivity contribution is 7.11. The van der Waals surface area contributed by atoms with Crippen molar-refractivity contribution in [2.45, 2.75) is 39.2 Å². The summed E-state index contributed by atoms with van der Waals surface area (Å²) in [5.74, 6) is 0. The maximum atomic E-state index is 4.21. The van der Waals surface area contributed by atoms with Gasteiger partial charge in [0.15, 0.2) is 0 Å². The van der Waals surface area contributed by atoms with Crippen LogP contribution in [0, 0.1) is 0 Å². The second-order valence-corrected chi connectivity index (χ2v) is 4.83. The molecule has 1 aromatic rings. The van der Waals surface area contributed by atoms with Gasteiger partial charge in [0.1, 0.15) is 10.0 Å². The van der Waals surface area contributed by atoms with Gasteiger partial charge in [-0.3, -0.25) is 0 Å². The average Bonchev–Trinajstić information content (AvgIpc) is 2.54. The molecule has 13 heavy (non-hydrogen) atoms. The molecule has 0 spiro atoms. The zero-order valence-corrected chi connectivity index (χ0v) is 9.53. The summed E-state index contributed by atoms with van der Waals surface area (Å²) < 4.78 is 0. The minimum Gasteiger partial charge on any atom is -0.313 e. The van der Waals surface area contributed by atoms with Crippen molar-refractivity contribution >= 4 is 11.3 Å². The van der Waals surface area contributed by atoms with Crippen molar-refractivity contribution < 1.29 is 0 Å². The van der Waals surface area contributed by atoms with E-state index in [1.165, 1.54) is 0 Å². The summed E-state index contributed by atoms with van der Waals surface area (Å²) >= 11 is 1.70. The first kappa shape index (κ1) is 10.6. The molecule has 0 bridgehead atoms. The third kappa shape index (κ3) is 2.48. The van der Waals surface area contributed by atoms with Crippen LogP contribution in [0.15, 0.2) is 0 Å². The quantitative estimate of drug-likeness (QED) is 0.805. The lowest BCUT2D eigenvalue weighted by Crippen LogP contribution is -2.14. The van der Waals surface area contributed by atoms with Gasteiger partial charge in [0.05, 0.1) is 0 Å². The van der Waals surface area contributed by atoms with Crippen LogP contribution in [0.25, 0.3) is 0 Å². The molecule has 1 rings (SSSR count). The number of nitrogens with zero attached hydrogens (tertiary/aromatic N) is 2. The van der Waals surface area contributed by atoms with Crippen molar-refractivity contribution in [1.82, 2.24) is 15.5 Å². The lowest BCUT2D eigenvalue weighted by molar-refractivity contribution is 0.498. The largest absolute Gasteiger partial charge is 0.313 e. The van der Waals surface area contributed by atoms with Gasteiger partial charge in [-0.1, -0.05) is 32.1 Å². The molecule has 1 N–H and O–H groups in total. The van der Waals surface area contributed by atoms with Crippen LogP contribution in [0.3, 0.4) is 0 Å². The Hall–Kier alpha value is -0.480. The molecule has 1 heterocycles. The Balaban J connectivity index is 2.79. The van der Waals surface area contributed by atoms with E-state index < -0.39 is 0 Å². The van der Waals surface area contributed by atoms with Crippen LogP contribution < -0.4 is 5.32 Å². The number of hydrogen-bond donors (Lipinski definition) is 1. The zero-order valence-electron chi connectivity index (χ0n) is 8.72. The molecular weight excluding hydrogens is 182 g/mol. The molecule has 0 atom stereocenters. The molecule has 4 heteroatoms. The highest BCUT2D eigenvalue weighted by Crippen LogP contribution is 2.28. The maximum absolute atomic E-state index is 4.21. The maximum Gasteiger partial charge on any atom is 0.131 e. The smallest absolute Gasteiger partial charge is 0.131 e. The number of rotatable bonds is 4. The fourth-order valence-electron chi connectivity index (χ4n) is 0.901. The molecule has 74 valence electrons. The summed E-state index contributed by atoms with van der Waals surface area (Å²) in [6.07, 6.45) is 1.10. The van der Waals surface area contributed by atoms with Crippen molar-refractivity contribution in [3.05, 3.63) is 10.0 Å². The van der Waals surface area contributed by atoms with E-state index in [4.69, 9.17) is 0 Å². The fraction of sp³-hybridized carbons (Fsp3) is 0.778. The van der Waals surface area contributed by atoms with Crippen LogP contribution in [0.5, 0.6) is 0 Å². The topological polar surface area (TPSA) is 37.8 Å². The normalized spacial score (nSPS) is 12.0. The van der Waals surface area contributed by atoms with Gasteiger partial charge < -0.3 is 5.32 Å². The van der Waals surface area contributed by atoms with Crippen molar-refractivity contribution in [3.63, 3.8) is 0 Å². The van der Waals surface area contributed by atoms with Crippen LogP contribution >= 0.6 is 11.3 Å². The molecule has 0 radical (unpaired) electrons. The summed E-state index contributed by atoms with van der Waals surface area (Å²) in [5, 5.41) is 13.6. The summed E-state index contributed by atoms with van der Waals surface area (Å²) in [6, 6.07) is 0. The van der Waals surface area contributed by atoms with Gasteiger partial charge in [-0.25, -0.2) is 0 Å². The van der Waals surface area contributed by atoms with E-state index in [1.54, 1.807) is 11.3 Å². The Labute approximate surface area is 83.6 Å². The predicted octanol–water partition coefficient (Wildman–Crippen LogP) is 1.95. The van der Waals surface area contributed by atoms with Crippen molar-refractivity contribution in [1.29, 1.82) is 0 Å². The van der Waals surface area contributed by atoms with Gasteiger partial charge >= 0.3 is 0 Å². The van der Waals surface area contributed by atoms with Crippen LogP contribution in [0.4, 0.5) is 0 Å². The molecule has 3 nitrogen and oxygen atoms in total. The number of aromatic nitrogens is 2. The predicted molar refractivity (Wildman–Crippen MR) is 56.0 cm³/mol. The first-order valence-corrected chi connectivity index (χ1v) is 5.39. The van der Waals surface area contributed by atoms with Crippen LogP contribution in [0.2, 0.25) is 0 Å². The summed E-state index contributed by atoms with van der Waals surface area (Å²) in [5.41, 5.74) is 0.170. The molecule has 0 saturated carbocycles. The van der Waals surface area contributed by atoms with E-state index in [-0.39, 0.29) is 5.41 Å². The molecule has 0 aliphatic heterocycles. The van der Waals surface area contributed by atoms with Crippen molar-refractivity contribution in [3.8, 4) is 0 Å². The second-order valence-electron chi connectivity index (χ2n) is 3.77. The lowest BCUT2D eigenvalue weighted by Gasteiger charge is -2.17. The molecule has 0 unspecified atom stereocenters. The average molecular weight is 199 g/mol. The molecule has 0 aliphatic carbocycles. The molecular formula is C9H17N3S. The van der Waals surface area contributed by atoms with Crippen molar-refractivity contribution in [2.75, 3.05) is 7.05 Å². The van der Waals surface area contributed by atoms with Gasteiger partial charge in [0.2, 0.25) is 0 Å². The Morgan fingerprint density at radius 3 is 2.62 bits per heavy atom. The summed E-state index contributed by atoms with van der Waals surface area (Å²) in [6.45, 7) is 7.41. The molecule has 0 aromatic carbocycles. The second kappa shape index (κ2) is 4.15. The molecule has 0 fully saturated rings. The van der Waals surface area contributed by atoms with E-state index in [0.29, 0.717) is 0 Å². The summed E-state index contributed by atoms with van der Waals surface area (Å²) in [7, 11) is 1.92. The molecule has 0 saturated heterocycles. The lowest BCUT2D eigenvalue weighted by atomic mass is 9.91. The van der Waals surface area contributed by atoms with Gasteiger partial charge in [0, 0.05) is 12.0 Å². The Bertz CT molecular complexity index is 268. The van der Waals surface area contributed by atoms with E-state index in [9.17, 15) is 0 Å². The van der Waals surface area contributed by atoms with E-state index >= 15 is 0 Å². The minimum absolute atomic E-state index is 0.170. The van der Waals surface area contributed by atoms with Gasteiger partial charge in [-0.2, -0.15) is 0 Å². The van der Waals surface area contributed by atoms with Crippen LogP contribution in [0.1, 0.15) is 37.2 Å². The Morgan fingerprint density at radius 1 is 1.38 bits per heavy atom. The standard InChI is InChI=1S/C9H17N3S/c1-5-9(2,3)8-12-11-7(13-8)6-10-4/h10H,5-6H2,1-4H3. The first-order chi connectivity index (χ1) is 6.10. The van der Waals surface area contributed by atoms with E-state index in [0.717, 1.165) is 23.0 Å². The fourth-order valence-corrected chi connectivity index (χ4v) is 1.92. The number of hydrogen-bond acceptors (Lipinski definition) is 4. The van der Waals surface area contributed by atoms with E-state index in [1.807, 2.05) is 7.05 Å². The first-order valence-electron chi connectivity index (χ1n) is 4.57. The monoisotopic (exact) mass is 199 g/mol. The van der Waals surface area contributed by atoms with Gasteiger partial charge in [-0.15, -0.1) is 10.2 Å². The third-order valence-electron chi connectivity index (χ3n) is 2.26. The number of nitrogens with one attached hydrogen (secondary N) is 1. The molecule has 1 aromatic heterocycles. The van der Waals surface area contributed by atoms with Crippen LogP contribution in [-0.4, -0.2) is 17.2 Å². The van der Waals surface area contributed by atoms with Crippen molar-refractivity contribution in [2.24, 2.45) is 0 Å². The highest BCUT2D eigenvalue weighted by Gasteiger charge is 2.22. The highest BCUT2D eigenvalue weighted by atomic mass is 32.1.